The van der Waals surface area contributed by atoms with Crippen LogP contribution in [0.2, 0.25) is 0 Å². The van der Waals surface area contributed by atoms with E-state index in [1.54, 1.807) is 36.4 Å². The molecule has 8 nitrogen and oxygen atoms in total. The number of benzene rings is 2. The van der Waals surface area contributed by atoms with Crippen LogP contribution in [0.15, 0.2) is 53.4 Å². The lowest BCUT2D eigenvalue weighted by Gasteiger charge is -2.14. The average molecular weight is 396 g/mol. The van der Waals surface area contributed by atoms with Crippen molar-refractivity contribution in [1.29, 1.82) is 0 Å². The number of fused-ring (bicyclic) bond motifs is 3. The number of Topliss-reactive ketones (excluding diaryl/α,β-unsaturated/α-hetero) is 1. The standard InChI is InChI=1S/C19H16N4O4S/c1-23(2)28(26,27)12-7-5-6-11(10-12)20-18-16-15(17(24)19(25)22-16)13-8-3-4-9-14(13)21-18/h3-10H,1-2H3,(H,20,21)(H,22,24,25). The van der Waals surface area contributed by atoms with Gasteiger partial charge in [0.15, 0.2) is 5.82 Å². The van der Waals surface area contributed by atoms with Crippen molar-refractivity contribution < 1.29 is 18.0 Å². The molecule has 0 radical (unpaired) electrons. The minimum absolute atomic E-state index is 0.111. The summed E-state index contributed by atoms with van der Waals surface area (Å²) in [5, 5.41) is 6.16. The van der Waals surface area contributed by atoms with Gasteiger partial charge in [-0.25, -0.2) is 17.7 Å². The number of nitrogens with one attached hydrogen (secondary N) is 2. The SMILES string of the molecule is CN(C)S(=O)(=O)c1cccc(Nc2nc3ccccc3c3c2NC(=O)C3=O)c1. The maximum absolute atomic E-state index is 12.4. The topological polar surface area (TPSA) is 108 Å². The molecule has 0 spiro atoms. The molecule has 3 aromatic rings. The van der Waals surface area contributed by atoms with E-state index in [9.17, 15) is 18.0 Å². The molecule has 2 heterocycles. The molecule has 0 saturated heterocycles. The molecule has 0 aliphatic carbocycles. The summed E-state index contributed by atoms with van der Waals surface area (Å²) >= 11 is 0. The first-order chi connectivity index (χ1) is 13.3. The Labute approximate surface area is 161 Å². The van der Waals surface area contributed by atoms with Crippen molar-refractivity contribution in [3.8, 4) is 0 Å². The lowest BCUT2D eigenvalue weighted by molar-refractivity contribution is -0.112. The highest BCUT2D eigenvalue weighted by Crippen LogP contribution is 2.37. The van der Waals surface area contributed by atoms with E-state index in [0.717, 1.165) is 4.31 Å². The van der Waals surface area contributed by atoms with E-state index >= 15 is 0 Å². The minimum atomic E-state index is -3.61. The number of aromatic nitrogens is 1. The van der Waals surface area contributed by atoms with E-state index in [4.69, 9.17) is 0 Å². The van der Waals surface area contributed by atoms with Crippen LogP contribution in [0.1, 0.15) is 10.4 Å². The Morgan fingerprint density at radius 2 is 1.79 bits per heavy atom. The summed E-state index contributed by atoms with van der Waals surface area (Å²) in [4.78, 5) is 28.9. The van der Waals surface area contributed by atoms with Gasteiger partial charge in [0.25, 0.3) is 11.7 Å². The second-order valence-electron chi connectivity index (χ2n) is 6.45. The highest BCUT2D eigenvalue weighted by molar-refractivity contribution is 7.89. The fraction of sp³-hybridized carbons (Fsp3) is 0.105. The zero-order valence-electron chi connectivity index (χ0n) is 15.1. The third-order valence-electron chi connectivity index (χ3n) is 4.44. The third kappa shape index (κ3) is 2.81. The highest BCUT2D eigenvalue weighted by atomic mass is 32.2. The van der Waals surface area contributed by atoms with Gasteiger partial charge in [-0.1, -0.05) is 24.3 Å². The van der Waals surface area contributed by atoms with Crippen LogP contribution < -0.4 is 10.6 Å². The van der Waals surface area contributed by atoms with Crippen molar-refractivity contribution in [2.24, 2.45) is 0 Å². The molecule has 4 rings (SSSR count). The first-order valence-corrected chi connectivity index (χ1v) is 9.81. The molecular weight excluding hydrogens is 380 g/mol. The van der Waals surface area contributed by atoms with Crippen molar-refractivity contribution in [2.45, 2.75) is 4.90 Å². The van der Waals surface area contributed by atoms with E-state index in [0.29, 0.717) is 16.6 Å². The Hall–Kier alpha value is -3.30. The van der Waals surface area contributed by atoms with E-state index in [-0.39, 0.29) is 22.0 Å². The zero-order valence-corrected chi connectivity index (χ0v) is 15.9. The number of para-hydroxylation sites is 1. The van der Waals surface area contributed by atoms with Crippen LogP contribution in [-0.4, -0.2) is 43.5 Å². The molecule has 2 aromatic carbocycles. The molecule has 0 bridgehead atoms. The maximum Gasteiger partial charge on any atom is 0.296 e. The van der Waals surface area contributed by atoms with Crippen LogP contribution in [0, 0.1) is 0 Å². The molecule has 1 aliphatic heterocycles. The van der Waals surface area contributed by atoms with Crippen molar-refractivity contribution in [3.05, 3.63) is 54.1 Å². The Morgan fingerprint density at radius 3 is 2.54 bits per heavy atom. The lowest BCUT2D eigenvalue weighted by Crippen LogP contribution is -2.22. The highest BCUT2D eigenvalue weighted by Gasteiger charge is 2.33. The molecule has 0 atom stereocenters. The summed E-state index contributed by atoms with van der Waals surface area (Å²) in [5.41, 5.74) is 1.55. The van der Waals surface area contributed by atoms with Gasteiger partial charge in [0.05, 0.1) is 21.7 Å². The molecule has 2 N–H and O–H groups in total. The average Bonchev–Trinajstić information content (AvgIpc) is 2.97. The summed E-state index contributed by atoms with van der Waals surface area (Å²) in [5.74, 6) is -1.08. The molecule has 1 amide bonds. The lowest BCUT2D eigenvalue weighted by atomic mass is 10.1. The fourth-order valence-electron chi connectivity index (χ4n) is 3.03. The summed E-state index contributed by atoms with van der Waals surface area (Å²) in [6, 6.07) is 13.3. The predicted octanol–water partition coefficient (Wildman–Crippen LogP) is 2.36. The normalized spacial score (nSPS) is 13.7. The largest absolute Gasteiger partial charge is 0.338 e. The number of hydrogen-bond acceptors (Lipinski definition) is 6. The van der Waals surface area contributed by atoms with E-state index in [1.807, 2.05) is 0 Å². The van der Waals surface area contributed by atoms with Crippen LogP contribution in [0.5, 0.6) is 0 Å². The molecule has 9 heteroatoms. The molecule has 0 unspecified atom stereocenters. The second-order valence-corrected chi connectivity index (χ2v) is 8.60. The van der Waals surface area contributed by atoms with E-state index in [1.165, 1.54) is 26.2 Å². The molecule has 28 heavy (non-hydrogen) atoms. The maximum atomic E-state index is 12.4. The molecule has 142 valence electrons. The number of carbonyl (C=O) groups is 2. The monoisotopic (exact) mass is 396 g/mol. The summed E-state index contributed by atoms with van der Waals surface area (Å²) < 4.78 is 25.9. The number of sulfonamides is 1. The third-order valence-corrected chi connectivity index (χ3v) is 6.25. The molecule has 1 aromatic heterocycles. The van der Waals surface area contributed by atoms with Gasteiger partial charge in [-0.2, -0.15) is 0 Å². The molecular formula is C19H16N4O4S. The van der Waals surface area contributed by atoms with Crippen molar-refractivity contribution in [3.63, 3.8) is 0 Å². The molecule has 0 saturated carbocycles. The number of amides is 1. The quantitative estimate of drug-likeness (QED) is 0.656. The minimum Gasteiger partial charge on any atom is -0.338 e. The van der Waals surface area contributed by atoms with Crippen LogP contribution in [0.25, 0.3) is 10.9 Å². The number of hydrogen-bond donors (Lipinski definition) is 2. The van der Waals surface area contributed by atoms with Gasteiger partial charge in [0.1, 0.15) is 0 Å². The van der Waals surface area contributed by atoms with Gasteiger partial charge in [-0.15, -0.1) is 0 Å². The van der Waals surface area contributed by atoms with Gasteiger partial charge in [-0.05, 0) is 24.3 Å². The second kappa shape index (κ2) is 6.39. The summed E-state index contributed by atoms with van der Waals surface area (Å²) in [7, 11) is -0.701. The van der Waals surface area contributed by atoms with Gasteiger partial charge in [-0.3, -0.25) is 9.59 Å². The predicted molar refractivity (Wildman–Crippen MR) is 105 cm³/mol. The fourth-order valence-corrected chi connectivity index (χ4v) is 3.97. The van der Waals surface area contributed by atoms with Gasteiger partial charge < -0.3 is 10.6 Å². The first kappa shape index (κ1) is 18.1. The number of ketones is 1. The number of carbonyl (C=O) groups excluding carboxylic acids is 2. The zero-order chi connectivity index (χ0) is 20.1. The number of pyridine rings is 1. The van der Waals surface area contributed by atoms with Gasteiger partial charge >= 0.3 is 0 Å². The number of nitrogens with zero attached hydrogens (tertiary/aromatic N) is 2. The van der Waals surface area contributed by atoms with Crippen LogP contribution >= 0.6 is 0 Å². The van der Waals surface area contributed by atoms with E-state index < -0.39 is 21.7 Å². The van der Waals surface area contributed by atoms with E-state index in [2.05, 4.69) is 15.6 Å². The van der Waals surface area contributed by atoms with Crippen LogP contribution in [0.4, 0.5) is 17.2 Å². The Morgan fingerprint density at radius 1 is 1.04 bits per heavy atom. The Kier molecular flexibility index (Phi) is 4.13. The summed E-state index contributed by atoms with van der Waals surface area (Å²) in [6.07, 6.45) is 0. The number of anilines is 3. The Bertz CT molecular complexity index is 1250. The van der Waals surface area contributed by atoms with Crippen molar-refractivity contribution >= 4 is 49.8 Å². The molecule has 1 aliphatic rings. The number of rotatable bonds is 4. The van der Waals surface area contributed by atoms with Crippen molar-refractivity contribution in [2.75, 3.05) is 24.7 Å². The van der Waals surface area contributed by atoms with Crippen LogP contribution in [0.3, 0.4) is 0 Å². The first-order valence-electron chi connectivity index (χ1n) is 8.37. The van der Waals surface area contributed by atoms with Gasteiger partial charge in [0, 0.05) is 25.2 Å². The van der Waals surface area contributed by atoms with Gasteiger partial charge in [0.2, 0.25) is 10.0 Å². The smallest absolute Gasteiger partial charge is 0.296 e. The summed E-state index contributed by atoms with van der Waals surface area (Å²) in [6.45, 7) is 0. The van der Waals surface area contributed by atoms with Crippen molar-refractivity contribution in [1.82, 2.24) is 9.29 Å². The molecule has 0 fully saturated rings. The van der Waals surface area contributed by atoms with Crippen LogP contribution in [-0.2, 0) is 14.8 Å². The Balaban J connectivity index is 1.84.